The second-order valence-electron chi connectivity index (χ2n) is 41.4. The van der Waals surface area contributed by atoms with Gasteiger partial charge in [0, 0.05) is 150 Å². The summed E-state index contributed by atoms with van der Waals surface area (Å²) in [6.07, 6.45) is 11.8. The van der Waals surface area contributed by atoms with Crippen LogP contribution in [-0.2, 0) is 105 Å². The SMILES string of the molecule is CC(=O)C=C(C)O.CC(=O)C=C(C)O.CC(=O)C=C(C)O.CC(C)c1cc(C(C)(C)C)cc2ccc3c(-c4[c-]cccc4)ncnc3c12.CC(C)c1cc(C(C)C)c2c(ccc3c(-c4[c-]cccc4)nc(C(C)C)nc32)c1.CC(C)c1cc(C(C)C)c2c(ccc3c(-c4[c-]cccc4)ncnc32)c1.CCC(CC)C(=O)C=C(O)C(CC)CC.Cc1[c-]c(-c2nc(C(C)C)nc3c2ccc2cccc(C(C)C)c23)cc(C)c1.[Ir].[Ir].[Ir].[Ir]. The van der Waals surface area contributed by atoms with Crippen LogP contribution < -0.4 is 0 Å². The van der Waals surface area contributed by atoms with E-state index in [1.807, 2.05) is 82.3 Å². The number of aliphatic hydroxyl groups is 4. The van der Waals surface area contributed by atoms with Crippen molar-refractivity contribution in [3.63, 3.8) is 0 Å². The van der Waals surface area contributed by atoms with Gasteiger partial charge in [0.2, 0.25) is 0 Å². The molecular formula is C130H152Ir4N8O8-4. The molecule has 16 rings (SSSR count). The van der Waals surface area contributed by atoms with Crippen molar-refractivity contribution in [1.82, 2.24) is 39.9 Å². The van der Waals surface area contributed by atoms with Gasteiger partial charge in [-0.15, -0.1) is 143 Å². The van der Waals surface area contributed by atoms with Gasteiger partial charge in [-0.05, 0) is 213 Å². The summed E-state index contributed by atoms with van der Waals surface area (Å²) in [7, 11) is 0. The van der Waals surface area contributed by atoms with Crippen LogP contribution in [0.3, 0.4) is 0 Å². The number of aliphatic hydroxyl groups excluding tert-OH is 4. The number of rotatable bonds is 22. The zero-order valence-electron chi connectivity index (χ0n) is 93.3. The van der Waals surface area contributed by atoms with E-state index in [4.69, 9.17) is 40.2 Å². The zero-order valence-corrected chi connectivity index (χ0v) is 103. The smallest absolute Gasteiger partial charge is 0.162 e. The third-order valence-electron chi connectivity index (χ3n) is 25.5. The monoisotopic (exact) mass is 2730 g/mol. The van der Waals surface area contributed by atoms with Gasteiger partial charge in [-0.25, -0.2) is 19.9 Å². The molecule has 0 atom stereocenters. The molecule has 4 radical (unpaired) electrons. The van der Waals surface area contributed by atoms with E-state index in [0.717, 1.165) is 132 Å². The molecule has 16 aromatic rings. The van der Waals surface area contributed by atoms with Gasteiger partial charge in [-0.2, -0.15) is 0 Å². The van der Waals surface area contributed by atoms with Crippen molar-refractivity contribution in [3.8, 4) is 45.0 Å². The average molecular weight is 2720 g/mol. The molecule has 0 unspecified atom stereocenters. The van der Waals surface area contributed by atoms with Gasteiger partial charge in [0.25, 0.3) is 0 Å². The number of hydrogen-bond acceptors (Lipinski definition) is 16. The first kappa shape index (κ1) is 129. The Balaban J connectivity index is 0.000000315. The minimum absolute atomic E-state index is 0. The van der Waals surface area contributed by atoms with Crippen molar-refractivity contribution in [2.45, 2.75) is 293 Å². The maximum atomic E-state index is 11.7. The summed E-state index contributed by atoms with van der Waals surface area (Å²) in [5.41, 5.74) is 24.1. The van der Waals surface area contributed by atoms with Crippen LogP contribution in [0.1, 0.15) is 336 Å². The van der Waals surface area contributed by atoms with Gasteiger partial charge in [-0.3, -0.25) is 39.1 Å². The Bertz CT molecular complexity index is 7310. The fraction of sp³-hybridized carbons (Fsp3) is 0.354. The predicted octanol–water partition coefficient (Wildman–Crippen LogP) is 34.9. The summed E-state index contributed by atoms with van der Waals surface area (Å²) in [4.78, 5) is 80.4. The summed E-state index contributed by atoms with van der Waals surface area (Å²) in [5.74, 6) is 5.37. The molecule has 12 aromatic carbocycles. The number of nitrogens with zero attached hydrogens (tertiary/aromatic N) is 8. The first-order valence-electron chi connectivity index (χ1n) is 51.6. The van der Waals surface area contributed by atoms with Gasteiger partial charge in [0.1, 0.15) is 24.3 Å². The molecule has 0 bridgehead atoms. The van der Waals surface area contributed by atoms with Crippen LogP contribution in [0.4, 0.5) is 0 Å². The topological polar surface area (TPSA) is 252 Å². The van der Waals surface area contributed by atoms with Crippen molar-refractivity contribution in [2.24, 2.45) is 11.8 Å². The van der Waals surface area contributed by atoms with Crippen molar-refractivity contribution >= 4 is 110 Å². The number of fused-ring (bicyclic) bond motifs is 12. The van der Waals surface area contributed by atoms with Gasteiger partial charge < -0.3 is 20.4 Å². The molecule has 0 aliphatic carbocycles. The van der Waals surface area contributed by atoms with Crippen molar-refractivity contribution in [3.05, 3.63) is 334 Å². The van der Waals surface area contributed by atoms with E-state index in [2.05, 4.69) is 318 Å². The van der Waals surface area contributed by atoms with Crippen LogP contribution in [0.5, 0.6) is 0 Å². The zero-order chi connectivity index (χ0) is 108. The molecule has 0 spiro atoms. The molecule has 150 heavy (non-hydrogen) atoms. The molecule has 4 N–H and O–H groups in total. The molecule has 4 heterocycles. The molecule has 16 nitrogen and oxygen atoms in total. The molecule has 0 amide bonds. The normalized spacial score (nSPS) is 11.6. The quantitative estimate of drug-likeness (QED) is 0.0213. The Labute approximate surface area is 945 Å². The van der Waals surface area contributed by atoms with E-state index >= 15 is 0 Å². The van der Waals surface area contributed by atoms with E-state index in [9.17, 15) is 24.3 Å². The molecule has 4 aromatic heterocycles. The van der Waals surface area contributed by atoms with Gasteiger partial charge in [0.05, 0.1) is 45.1 Å². The first-order valence-corrected chi connectivity index (χ1v) is 51.6. The average Bonchev–Trinajstić information content (AvgIpc) is 0.710. The second kappa shape index (κ2) is 60.1. The molecule has 0 aliphatic heterocycles. The summed E-state index contributed by atoms with van der Waals surface area (Å²) in [6.45, 7) is 63.3. The minimum Gasteiger partial charge on any atom is -0.512 e. The first-order chi connectivity index (χ1) is 69.1. The van der Waals surface area contributed by atoms with Crippen molar-refractivity contribution in [1.29, 1.82) is 0 Å². The maximum absolute atomic E-state index is 11.7. The Hall–Kier alpha value is -11.5. The van der Waals surface area contributed by atoms with Gasteiger partial charge in [0.15, 0.2) is 23.1 Å². The molecule has 0 aliphatic rings. The van der Waals surface area contributed by atoms with Gasteiger partial charge in [-0.1, -0.05) is 276 Å². The Morgan fingerprint density at radius 2 is 0.680 bits per heavy atom. The molecule has 800 valence electrons. The minimum atomic E-state index is -0.125. The van der Waals surface area contributed by atoms with Crippen LogP contribution in [0.15, 0.2) is 248 Å². The van der Waals surface area contributed by atoms with E-state index in [0.29, 0.717) is 35.5 Å². The van der Waals surface area contributed by atoms with Crippen molar-refractivity contribution < 1.29 is 120 Å². The van der Waals surface area contributed by atoms with Crippen molar-refractivity contribution in [2.75, 3.05) is 0 Å². The molecule has 0 saturated heterocycles. The summed E-state index contributed by atoms with van der Waals surface area (Å²) in [6, 6.07) is 80.0. The fourth-order valence-electron chi connectivity index (χ4n) is 17.8. The number of hydrogen-bond donors (Lipinski definition) is 4. The number of carbonyl (C=O) groups is 4. The predicted molar refractivity (Wildman–Crippen MR) is 611 cm³/mol. The van der Waals surface area contributed by atoms with Gasteiger partial charge >= 0.3 is 0 Å². The standard InChI is InChI=1S/C27H29N2.C26H27N2.C25H25N2.C24H23N2.C13H24O2.3C5H8O2.4Ir/c1-16(2)21-14-20-12-13-22-25(19-10-8-7-9-11-19)28-27(18(5)6)29-26(22)24(20)23(15-21)17(3)4;1-15(2)21-9-7-8-19-10-11-22-24(20-13-17(5)12-18(6)14-20)27-26(16(3)4)28-25(22)23(19)21;1-16(2)21-14-19(25(3,4)5)13-18-11-12-20-23(17-9-7-6-8-10-17)26-15-27-24(20)22(18)21;1-15(2)19-12-18-10-11-20-23(17-8-6-5-7-9-17)25-14-26-24(20)22(18)21(13-19)16(3)4;1-5-10(6-2)12(14)9-13(15)11(7-3)8-4;3*1-4(6)3-5(2)7;;;;/h7-10,12-18H,1-6H3;7-13,15-16H,1-6H3;6-9,11-16H,1-5H3;5-8,10-16H,1-4H3;9-11,14H,5-8H2,1-4H3;3*3,6H,1-2H3;;;;/q4*-1;;;;;;;;. The molecular weight excluding hydrogens is 2570 g/mol. The van der Waals surface area contributed by atoms with E-state index in [1.165, 1.54) is 153 Å². The number of benzene rings is 12. The van der Waals surface area contributed by atoms with E-state index in [-0.39, 0.29) is 156 Å². The number of aromatic nitrogens is 8. The Morgan fingerprint density at radius 1 is 0.333 bits per heavy atom. The number of aryl methyl sites for hydroxylation is 2. The Kier molecular flexibility index (Phi) is 51.6. The van der Waals surface area contributed by atoms with Crippen LogP contribution in [0.25, 0.3) is 132 Å². The maximum Gasteiger partial charge on any atom is 0.162 e. The summed E-state index contributed by atoms with van der Waals surface area (Å²) in [5, 5.41) is 49.3. The summed E-state index contributed by atoms with van der Waals surface area (Å²) >= 11 is 0. The number of allylic oxidation sites excluding steroid dienone is 8. The van der Waals surface area contributed by atoms with Crippen LogP contribution in [-0.4, -0.2) is 83.4 Å². The van der Waals surface area contributed by atoms with Crippen LogP contribution in [0.2, 0.25) is 0 Å². The number of carbonyl (C=O) groups excluding carboxylic acids is 4. The van der Waals surface area contributed by atoms with E-state index < -0.39 is 0 Å². The Morgan fingerprint density at radius 3 is 1.01 bits per heavy atom. The second-order valence-corrected chi connectivity index (χ2v) is 41.4. The van der Waals surface area contributed by atoms with E-state index in [1.54, 1.807) is 12.7 Å². The molecule has 0 fully saturated rings. The molecule has 0 saturated carbocycles. The third kappa shape index (κ3) is 34.8. The largest absolute Gasteiger partial charge is 0.512 e. The molecule has 20 heteroatoms. The van der Waals surface area contributed by atoms with Crippen LogP contribution >= 0.6 is 0 Å². The fourth-order valence-corrected chi connectivity index (χ4v) is 17.8. The summed E-state index contributed by atoms with van der Waals surface area (Å²) < 4.78 is 0. The van der Waals surface area contributed by atoms with Crippen LogP contribution in [0, 0.1) is 49.9 Å². The number of ketones is 4. The third-order valence-corrected chi connectivity index (χ3v) is 25.5.